The molecule has 1 aromatic heterocycles. The van der Waals surface area contributed by atoms with Gasteiger partial charge in [0.05, 0.1) is 5.56 Å². The van der Waals surface area contributed by atoms with Crippen LogP contribution in [0.15, 0.2) is 94.1 Å². The van der Waals surface area contributed by atoms with E-state index in [1.54, 1.807) is 19.1 Å². The van der Waals surface area contributed by atoms with Crippen molar-refractivity contribution in [1.82, 2.24) is 0 Å². The summed E-state index contributed by atoms with van der Waals surface area (Å²) < 4.78 is 5.38. The van der Waals surface area contributed by atoms with E-state index in [2.05, 4.69) is 0 Å². The van der Waals surface area contributed by atoms with Gasteiger partial charge in [0.2, 0.25) is 0 Å². The minimum absolute atomic E-state index is 0.226. The van der Waals surface area contributed by atoms with E-state index in [4.69, 9.17) is 4.42 Å². The Morgan fingerprint density at radius 1 is 0.808 bits per heavy atom. The Morgan fingerprint density at radius 2 is 1.42 bits per heavy atom. The van der Waals surface area contributed by atoms with Gasteiger partial charge in [0, 0.05) is 5.39 Å². The van der Waals surface area contributed by atoms with Crippen molar-refractivity contribution in [2.45, 2.75) is 12.5 Å². The Labute approximate surface area is 151 Å². The molecule has 4 rings (SSSR count). The Kier molecular flexibility index (Phi) is 3.94. The lowest BCUT2D eigenvalue weighted by Gasteiger charge is -2.23. The third kappa shape index (κ3) is 2.83. The molecule has 0 radical (unpaired) electrons. The summed E-state index contributed by atoms with van der Waals surface area (Å²) in [6, 6.07) is 26.6. The lowest BCUT2D eigenvalue weighted by Crippen LogP contribution is -2.29. The monoisotopic (exact) mass is 342 g/mol. The molecule has 0 fully saturated rings. The number of hydrogen-bond acceptors (Lipinski definition) is 3. The maximum atomic E-state index is 12.4. The summed E-state index contributed by atoms with van der Waals surface area (Å²) in [5, 5.41) is 11.9. The zero-order valence-corrected chi connectivity index (χ0v) is 14.3. The summed E-state index contributed by atoms with van der Waals surface area (Å²) in [4.78, 5) is 12.4. The van der Waals surface area contributed by atoms with Crippen LogP contribution in [0.1, 0.15) is 18.1 Å². The number of rotatable bonds is 3. The molecule has 1 atom stereocenters. The SMILES string of the molecule is CC(O)(c1ccc(-c2ccccc2)cc1)c1cc2ccccc2oc1=O. The lowest BCUT2D eigenvalue weighted by atomic mass is 9.88. The smallest absolute Gasteiger partial charge is 0.342 e. The van der Waals surface area contributed by atoms with Crippen molar-refractivity contribution in [2.75, 3.05) is 0 Å². The van der Waals surface area contributed by atoms with E-state index < -0.39 is 11.2 Å². The summed E-state index contributed by atoms with van der Waals surface area (Å²) in [6.07, 6.45) is 0. The van der Waals surface area contributed by atoms with E-state index in [0.717, 1.165) is 16.5 Å². The molecule has 3 heteroatoms. The molecule has 0 aliphatic rings. The molecule has 0 aliphatic carbocycles. The molecular weight excluding hydrogens is 324 g/mol. The number of benzene rings is 3. The van der Waals surface area contributed by atoms with Crippen LogP contribution in [-0.4, -0.2) is 5.11 Å². The third-order valence-corrected chi connectivity index (χ3v) is 4.72. The first-order valence-electron chi connectivity index (χ1n) is 8.47. The first kappa shape index (κ1) is 16.3. The van der Waals surface area contributed by atoms with Crippen LogP contribution in [0.4, 0.5) is 0 Å². The fourth-order valence-corrected chi connectivity index (χ4v) is 3.17. The summed E-state index contributed by atoms with van der Waals surface area (Å²) in [7, 11) is 0. The van der Waals surface area contributed by atoms with Crippen LogP contribution < -0.4 is 5.63 Å². The average molecular weight is 342 g/mol. The van der Waals surface area contributed by atoms with E-state index in [0.29, 0.717) is 11.1 Å². The molecule has 128 valence electrons. The van der Waals surface area contributed by atoms with Crippen molar-refractivity contribution in [3.8, 4) is 11.1 Å². The van der Waals surface area contributed by atoms with Gasteiger partial charge >= 0.3 is 5.63 Å². The minimum Gasteiger partial charge on any atom is -0.422 e. The maximum absolute atomic E-state index is 12.4. The fourth-order valence-electron chi connectivity index (χ4n) is 3.17. The van der Waals surface area contributed by atoms with Gasteiger partial charge in [-0.3, -0.25) is 0 Å². The number of fused-ring (bicyclic) bond motifs is 1. The van der Waals surface area contributed by atoms with Crippen molar-refractivity contribution in [2.24, 2.45) is 0 Å². The highest BCUT2D eigenvalue weighted by molar-refractivity contribution is 5.77. The Bertz CT molecular complexity index is 1110. The predicted octanol–water partition coefficient (Wildman–Crippen LogP) is 4.72. The molecular formula is C23H18O3. The molecule has 3 nitrogen and oxygen atoms in total. The highest BCUT2D eigenvalue weighted by atomic mass is 16.4. The van der Waals surface area contributed by atoms with E-state index in [1.165, 1.54) is 0 Å². The highest BCUT2D eigenvalue weighted by Gasteiger charge is 2.30. The molecule has 0 aliphatic heterocycles. The zero-order chi connectivity index (χ0) is 18.1. The predicted molar refractivity (Wildman–Crippen MR) is 103 cm³/mol. The number of hydrogen-bond donors (Lipinski definition) is 1. The molecule has 0 saturated heterocycles. The van der Waals surface area contributed by atoms with Gasteiger partial charge in [0.15, 0.2) is 0 Å². The first-order chi connectivity index (χ1) is 12.6. The fraction of sp³-hybridized carbons (Fsp3) is 0.0870. The van der Waals surface area contributed by atoms with Crippen LogP contribution in [0.25, 0.3) is 22.1 Å². The van der Waals surface area contributed by atoms with Crippen LogP contribution >= 0.6 is 0 Å². The van der Waals surface area contributed by atoms with Crippen molar-refractivity contribution in [1.29, 1.82) is 0 Å². The molecule has 1 heterocycles. The van der Waals surface area contributed by atoms with Crippen molar-refractivity contribution >= 4 is 11.0 Å². The van der Waals surface area contributed by atoms with E-state index in [9.17, 15) is 9.90 Å². The molecule has 0 bridgehead atoms. The topological polar surface area (TPSA) is 50.4 Å². The van der Waals surface area contributed by atoms with Crippen LogP contribution in [0, 0.1) is 0 Å². The van der Waals surface area contributed by atoms with Crippen molar-refractivity contribution < 1.29 is 9.52 Å². The van der Waals surface area contributed by atoms with Gasteiger partial charge in [0.25, 0.3) is 0 Å². The molecule has 4 aromatic rings. The largest absolute Gasteiger partial charge is 0.422 e. The zero-order valence-electron chi connectivity index (χ0n) is 14.3. The molecule has 0 saturated carbocycles. The first-order valence-corrected chi connectivity index (χ1v) is 8.47. The number of aliphatic hydroxyl groups is 1. The standard InChI is InChI=1S/C23H18O3/c1-23(25,20-15-18-9-5-6-10-21(18)26-22(20)24)19-13-11-17(12-14-19)16-7-3-2-4-8-16/h2-15,25H,1H3. The van der Waals surface area contributed by atoms with Crippen LogP contribution in [0.2, 0.25) is 0 Å². The lowest BCUT2D eigenvalue weighted by molar-refractivity contribution is 0.0985. The van der Waals surface area contributed by atoms with E-state index in [1.807, 2.05) is 72.8 Å². The Morgan fingerprint density at radius 3 is 2.15 bits per heavy atom. The van der Waals surface area contributed by atoms with Crippen LogP contribution in [0.5, 0.6) is 0 Å². The van der Waals surface area contributed by atoms with Gasteiger partial charge in [0.1, 0.15) is 11.2 Å². The van der Waals surface area contributed by atoms with Gasteiger partial charge in [-0.05, 0) is 35.7 Å². The second-order valence-corrected chi connectivity index (χ2v) is 6.50. The summed E-state index contributed by atoms with van der Waals surface area (Å²) in [6.45, 7) is 1.62. The normalized spacial score (nSPS) is 13.5. The van der Waals surface area contributed by atoms with Crippen LogP contribution in [0.3, 0.4) is 0 Å². The highest BCUT2D eigenvalue weighted by Crippen LogP contribution is 2.30. The van der Waals surface area contributed by atoms with Crippen LogP contribution in [-0.2, 0) is 5.60 Å². The Balaban J connectivity index is 1.77. The quantitative estimate of drug-likeness (QED) is 0.548. The van der Waals surface area contributed by atoms with Gasteiger partial charge in [-0.2, -0.15) is 0 Å². The van der Waals surface area contributed by atoms with Gasteiger partial charge in [-0.25, -0.2) is 4.79 Å². The summed E-state index contributed by atoms with van der Waals surface area (Å²) >= 11 is 0. The number of para-hydroxylation sites is 1. The van der Waals surface area contributed by atoms with Gasteiger partial charge < -0.3 is 9.52 Å². The minimum atomic E-state index is -1.44. The summed E-state index contributed by atoms with van der Waals surface area (Å²) in [5.74, 6) is 0. The second-order valence-electron chi connectivity index (χ2n) is 6.50. The summed E-state index contributed by atoms with van der Waals surface area (Å²) in [5.41, 5.74) is 1.56. The van der Waals surface area contributed by atoms with E-state index >= 15 is 0 Å². The third-order valence-electron chi connectivity index (χ3n) is 4.72. The van der Waals surface area contributed by atoms with Gasteiger partial charge in [-0.15, -0.1) is 0 Å². The molecule has 0 spiro atoms. The molecule has 0 amide bonds. The van der Waals surface area contributed by atoms with Gasteiger partial charge in [-0.1, -0.05) is 72.8 Å². The van der Waals surface area contributed by atoms with Crippen molar-refractivity contribution in [3.63, 3.8) is 0 Å². The molecule has 3 aromatic carbocycles. The molecule has 1 unspecified atom stereocenters. The van der Waals surface area contributed by atoms with E-state index in [-0.39, 0.29) is 5.56 Å². The molecule has 26 heavy (non-hydrogen) atoms. The second kappa shape index (κ2) is 6.28. The Hall–Kier alpha value is -3.17. The maximum Gasteiger partial charge on any atom is 0.342 e. The average Bonchev–Trinajstić information content (AvgIpc) is 2.68. The molecule has 1 N–H and O–H groups in total. The van der Waals surface area contributed by atoms with Crippen molar-refractivity contribution in [3.05, 3.63) is 106 Å².